The second kappa shape index (κ2) is 9.46. The van der Waals surface area contributed by atoms with Crippen LogP contribution in [-0.2, 0) is 10.9 Å². The molecule has 1 saturated heterocycles. The van der Waals surface area contributed by atoms with Crippen molar-refractivity contribution in [3.8, 4) is 11.1 Å². The molecule has 0 unspecified atom stereocenters. The third kappa shape index (κ3) is 5.22. The number of rotatable bonds is 4. The maximum absolute atomic E-state index is 12.9. The summed E-state index contributed by atoms with van der Waals surface area (Å²) >= 11 is 0. The second-order valence-corrected chi connectivity index (χ2v) is 8.57. The van der Waals surface area contributed by atoms with E-state index in [4.69, 9.17) is 4.74 Å². The highest BCUT2D eigenvalue weighted by Gasteiger charge is 2.30. The predicted molar refractivity (Wildman–Crippen MR) is 126 cm³/mol. The van der Waals surface area contributed by atoms with Crippen LogP contribution in [0, 0.1) is 6.92 Å². The van der Waals surface area contributed by atoms with Gasteiger partial charge < -0.3 is 15.0 Å². The summed E-state index contributed by atoms with van der Waals surface area (Å²) in [5.41, 5.74) is 2.45. The SMILES string of the molecule is Cc1c(NC(=O)c2ccc(N3C[C@@H](C)O[C@@H](C)C3)nc2)cccc1-c1ccc(C(F)(F)F)cc1. The molecule has 8 heteroatoms. The van der Waals surface area contributed by atoms with Gasteiger partial charge in [0.25, 0.3) is 5.91 Å². The Morgan fingerprint density at radius 2 is 1.71 bits per heavy atom. The zero-order chi connectivity index (χ0) is 24.5. The third-order valence-corrected chi connectivity index (χ3v) is 5.86. The van der Waals surface area contributed by atoms with Crippen molar-refractivity contribution in [2.75, 3.05) is 23.3 Å². The topological polar surface area (TPSA) is 54.5 Å². The van der Waals surface area contributed by atoms with Crippen LogP contribution in [0.5, 0.6) is 0 Å². The first kappa shape index (κ1) is 23.8. The molecule has 4 rings (SSSR count). The molecular weight excluding hydrogens is 443 g/mol. The summed E-state index contributed by atoms with van der Waals surface area (Å²) in [5, 5.41) is 2.89. The first-order valence-corrected chi connectivity index (χ1v) is 11.1. The first-order valence-electron chi connectivity index (χ1n) is 11.1. The van der Waals surface area contributed by atoms with Gasteiger partial charge in [-0.3, -0.25) is 4.79 Å². The molecule has 34 heavy (non-hydrogen) atoms. The van der Waals surface area contributed by atoms with Gasteiger partial charge in [-0.05, 0) is 67.8 Å². The van der Waals surface area contributed by atoms with E-state index in [0.717, 1.165) is 42.2 Å². The zero-order valence-corrected chi connectivity index (χ0v) is 19.2. The molecule has 1 aromatic heterocycles. The van der Waals surface area contributed by atoms with E-state index in [1.807, 2.05) is 32.9 Å². The van der Waals surface area contributed by atoms with Crippen molar-refractivity contribution in [1.29, 1.82) is 0 Å². The van der Waals surface area contributed by atoms with Crippen LogP contribution in [0.15, 0.2) is 60.8 Å². The van der Waals surface area contributed by atoms with Crippen molar-refractivity contribution in [2.45, 2.75) is 39.2 Å². The van der Waals surface area contributed by atoms with Crippen molar-refractivity contribution in [3.05, 3.63) is 77.5 Å². The van der Waals surface area contributed by atoms with Crippen molar-refractivity contribution in [1.82, 2.24) is 4.98 Å². The Bertz CT molecular complexity index is 1150. The van der Waals surface area contributed by atoms with E-state index in [0.29, 0.717) is 16.8 Å². The molecule has 2 aromatic carbocycles. The number of pyridine rings is 1. The molecule has 0 spiro atoms. The first-order chi connectivity index (χ1) is 16.1. The molecule has 3 aromatic rings. The number of alkyl halides is 3. The van der Waals surface area contributed by atoms with Crippen LogP contribution < -0.4 is 10.2 Å². The average molecular weight is 470 g/mol. The summed E-state index contributed by atoms with van der Waals surface area (Å²) < 4.78 is 44.4. The predicted octanol–water partition coefficient (Wildman–Crippen LogP) is 5.94. The quantitative estimate of drug-likeness (QED) is 0.514. The smallest absolute Gasteiger partial charge is 0.372 e. The van der Waals surface area contributed by atoms with Gasteiger partial charge in [-0.15, -0.1) is 0 Å². The normalized spacial score (nSPS) is 18.6. The van der Waals surface area contributed by atoms with Gasteiger partial charge in [0.1, 0.15) is 5.82 Å². The van der Waals surface area contributed by atoms with E-state index in [2.05, 4.69) is 15.2 Å². The number of anilines is 2. The number of carbonyl (C=O) groups is 1. The van der Waals surface area contributed by atoms with Crippen LogP contribution in [0.4, 0.5) is 24.7 Å². The lowest BCUT2D eigenvalue weighted by Crippen LogP contribution is -2.45. The Morgan fingerprint density at radius 3 is 2.29 bits per heavy atom. The van der Waals surface area contributed by atoms with E-state index in [9.17, 15) is 18.0 Å². The zero-order valence-electron chi connectivity index (χ0n) is 19.2. The third-order valence-electron chi connectivity index (χ3n) is 5.86. The number of aromatic nitrogens is 1. The molecule has 0 saturated carbocycles. The summed E-state index contributed by atoms with van der Waals surface area (Å²) in [4.78, 5) is 19.5. The van der Waals surface area contributed by atoms with E-state index in [1.165, 1.54) is 12.1 Å². The number of hydrogen-bond acceptors (Lipinski definition) is 4. The highest BCUT2D eigenvalue weighted by atomic mass is 19.4. The minimum atomic E-state index is -4.38. The minimum absolute atomic E-state index is 0.105. The van der Waals surface area contributed by atoms with Gasteiger partial charge >= 0.3 is 6.18 Å². The van der Waals surface area contributed by atoms with E-state index in [-0.39, 0.29) is 18.1 Å². The van der Waals surface area contributed by atoms with Crippen LogP contribution >= 0.6 is 0 Å². The van der Waals surface area contributed by atoms with Crippen molar-refractivity contribution >= 4 is 17.4 Å². The number of benzene rings is 2. The molecule has 1 fully saturated rings. The molecule has 1 N–H and O–H groups in total. The van der Waals surface area contributed by atoms with E-state index < -0.39 is 11.7 Å². The highest BCUT2D eigenvalue weighted by molar-refractivity contribution is 6.05. The number of carbonyl (C=O) groups excluding carboxylic acids is 1. The van der Waals surface area contributed by atoms with Gasteiger partial charge in [0.15, 0.2) is 0 Å². The fourth-order valence-corrected chi connectivity index (χ4v) is 4.19. The summed E-state index contributed by atoms with van der Waals surface area (Å²) in [6.07, 6.45) is -2.63. The number of nitrogens with one attached hydrogen (secondary N) is 1. The lowest BCUT2D eigenvalue weighted by atomic mass is 9.98. The Balaban J connectivity index is 1.49. The molecule has 1 aliphatic rings. The van der Waals surface area contributed by atoms with Crippen LogP contribution in [0.2, 0.25) is 0 Å². The van der Waals surface area contributed by atoms with Crippen molar-refractivity contribution in [3.63, 3.8) is 0 Å². The number of nitrogens with zero attached hydrogens (tertiary/aromatic N) is 2. The van der Waals surface area contributed by atoms with Gasteiger partial charge in [0.2, 0.25) is 0 Å². The Kier molecular flexibility index (Phi) is 6.61. The van der Waals surface area contributed by atoms with E-state index in [1.54, 1.807) is 24.4 Å². The second-order valence-electron chi connectivity index (χ2n) is 8.57. The fraction of sp³-hybridized carbons (Fsp3) is 0.308. The molecule has 178 valence electrons. The molecule has 1 aliphatic heterocycles. The van der Waals surface area contributed by atoms with Gasteiger partial charge in [-0.1, -0.05) is 24.3 Å². The number of ether oxygens (including phenoxy) is 1. The molecule has 2 atom stereocenters. The van der Waals surface area contributed by atoms with Crippen molar-refractivity contribution < 1.29 is 22.7 Å². The van der Waals surface area contributed by atoms with Crippen LogP contribution in [0.3, 0.4) is 0 Å². The lowest BCUT2D eigenvalue weighted by molar-refractivity contribution is -0.137. The standard InChI is InChI=1S/C26H26F3N3O2/c1-16-14-32(15-17(2)34-16)24-12-9-20(13-30-24)25(33)31-23-6-4-5-22(18(23)3)19-7-10-21(11-8-19)26(27,28)29/h4-13,16-17H,14-15H2,1-3H3,(H,31,33)/t16-,17+. The Morgan fingerprint density at radius 1 is 1.03 bits per heavy atom. The summed E-state index contributed by atoms with van der Waals surface area (Å²) in [6.45, 7) is 7.33. The fourth-order valence-electron chi connectivity index (χ4n) is 4.19. The van der Waals surface area contributed by atoms with Crippen LogP contribution in [-0.4, -0.2) is 36.2 Å². The van der Waals surface area contributed by atoms with Crippen LogP contribution in [0.1, 0.15) is 35.3 Å². The highest BCUT2D eigenvalue weighted by Crippen LogP contribution is 2.33. The summed E-state index contributed by atoms with van der Waals surface area (Å²) in [5.74, 6) is 0.481. The van der Waals surface area contributed by atoms with Gasteiger partial charge in [-0.25, -0.2) is 4.98 Å². The molecule has 0 radical (unpaired) electrons. The largest absolute Gasteiger partial charge is 0.416 e. The van der Waals surface area contributed by atoms with Gasteiger partial charge in [0, 0.05) is 25.0 Å². The number of morpholine rings is 1. The molecule has 0 aliphatic carbocycles. The molecule has 1 amide bonds. The molecular formula is C26H26F3N3O2. The minimum Gasteiger partial charge on any atom is -0.372 e. The lowest BCUT2D eigenvalue weighted by Gasteiger charge is -2.36. The number of amides is 1. The monoisotopic (exact) mass is 469 g/mol. The molecule has 5 nitrogen and oxygen atoms in total. The molecule has 2 heterocycles. The summed E-state index contributed by atoms with van der Waals surface area (Å²) in [6, 6.07) is 13.9. The molecule has 0 bridgehead atoms. The van der Waals surface area contributed by atoms with Crippen molar-refractivity contribution in [2.24, 2.45) is 0 Å². The van der Waals surface area contributed by atoms with Gasteiger partial charge in [0.05, 0.1) is 23.3 Å². The number of hydrogen-bond donors (Lipinski definition) is 1. The maximum atomic E-state index is 12.9. The van der Waals surface area contributed by atoms with E-state index >= 15 is 0 Å². The summed E-state index contributed by atoms with van der Waals surface area (Å²) in [7, 11) is 0. The Hall–Kier alpha value is -3.39. The average Bonchev–Trinajstić information content (AvgIpc) is 2.79. The number of halogens is 3. The maximum Gasteiger partial charge on any atom is 0.416 e. The van der Waals surface area contributed by atoms with Gasteiger partial charge in [-0.2, -0.15) is 13.2 Å². The van der Waals surface area contributed by atoms with Crippen LogP contribution in [0.25, 0.3) is 11.1 Å². The Labute approximate surface area is 196 Å².